The Morgan fingerprint density at radius 2 is 1.94 bits per heavy atom. The zero-order chi connectivity index (χ0) is 21.9. The number of carbonyl (C=O) groups is 1. The topological polar surface area (TPSA) is 66.3 Å². The van der Waals surface area contributed by atoms with E-state index in [1.165, 1.54) is 11.8 Å². The number of amides is 1. The van der Waals surface area contributed by atoms with Crippen molar-refractivity contribution in [1.82, 2.24) is 5.01 Å². The molecule has 0 aliphatic carbocycles. The van der Waals surface area contributed by atoms with Crippen molar-refractivity contribution in [2.75, 3.05) is 11.1 Å². The van der Waals surface area contributed by atoms with Crippen molar-refractivity contribution < 1.29 is 9.53 Å². The number of rotatable bonds is 5. The molecule has 0 unspecified atom stereocenters. The number of carbonyl (C=O) groups excluding carboxylic acids is 1. The molecular formula is C24H19ClN4O2S. The molecule has 1 atom stereocenters. The third-order valence-corrected chi connectivity index (χ3v) is 6.24. The molecule has 1 amide bonds. The number of thioether (sulfide) groups is 1. The van der Waals surface area contributed by atoms with Gasteiger partial charge in [-0.2, -0.15) is 5.10 Å². The summed E-state index contributed by atoms with van der Waals surface area (Å²) in [5.41, 5.74) is 2.59. The molecule has 0 fully saturated rings. The smallest absolute Gasteiger partial charge is 0.234 e. The first-order valence-electron chi connectivity index (χ1n) is 10.1. The fourth-order valence-corrected chi connectivity index (χ4v) is 4.58. The van der Waals surface area contributed by atoms with Gasteiger partial charge in [-0.05, 0) is 36.4 Å². The molecule has 2 aliphatic rings. The van der Waals surface area contributed by atoms with Gasteiger partial charge >= 0.3 is 0 Å². The second kappa shape index (κ2) is 9.06. The Morgan fingerprint density at radius 1 is 1.12 bits per heavy atom. The second-order valence-corrected chi connectivity index (χ2v) is 8.62. The van der Waals surface area contributed by atoms with Crippen LogP contribution in [0.15, 0.2) is 82.9 Å². The highest BCUT2D eigenvalue weighted by atomic mass is 35.5. The summed E-state index contributed by atoms with van der Waals surface area (Å²) in [7, 11) is 0. The fourth-order valence-electron chi connectivity index (χ4n) is 3.60. The predicted octanol–water partition coefficient (Wildman–Crippen LogP) is 6.24. The molecule has 32 heavy (non-hydrogen) atoms. The van der Waals surface area contributed by atoms with Gasteiger partial charge in [-0.1, -0.05) is 59.8 Å². The van der Waals surface area contributed by atoms with Crippen molar-refractivity contribution in [2.24, 2.45) is 10.1 Å². The van der Waals surface area contributed by atoms with Crippen molar-refractivity contribution in [2.45, 2.75) is 12.5 Å². The number of nitrogens with zero attached hydrogens (tertiary/aromatic N) is 3. The lowest BCUT2D eigenvalue weighted by atomic mass is 10.0. The van der Waals surface area contributed by atoms with Gasteiger partial charge in [-0.15, -0.1) is 0 Å². The first kappa shape index (κ1) is 20.6. The van der Waals surface area contributed by atoms with Gasteiger partial charge in [-0.25, -0.2) is 10.0 Å². The highest BCUT2D eigenvalue weighted by Crippen LogP contribution is 2.41. The van der Waals surface area contributed by atoms with Crippen LogP contribution in [0.25, 0.3) is 0 Å². The summed E-state index contributed by atoms with van der Waals surface area (Å²) in [6.07, 6.45) is 2.72. The number of ether oxygens (including phenoxy) is 1. The van der Waals surface area contributed by atoms with Gasteiger partial charge in [-0.3, -0.25) is 4.79 Å². The molecule has 0 saturated carbocycles. The lowest BCUT2D eigenvalue weighted by Crippen LogP contribution is -2.29. The van der Waals surface area contributed by atoms with E-state index >= 15 is 0 Å². The average Bonchev–Trinajstić information content (AvgIpc) is 3.31. The Morgan fingerprint density at radius 3 is 2.81 bits per heavy atom. The minimum atomic E-state index is -0.184. The summed E-state index contributed by atoms with van der Waals surface area (Å²) in [6.45, 7) is 0. The number of amidine groups is 1. The first-order valence-corrected chi connectivity index (χ1v) is 11.5. The number of fused-ring (bicyclic) bond motifs is 3. The number of para-hydroxylation sites is 2. The third-order valence-electron chi connectivity index (χ3n) is 5.06. The van der Waals surface area contributed by atoms with E-state index in [0.717, 1.165) is 17.7 Å². The monoisotopic (exact) mass is 462 g/mol. The Hall–Kier alpha value is -3.29. The number of halogens is 1. The van der Waals surface area contributed by atoms with E-state index in [2.05, 4.69) is 16.5 Å². The number of aliphatic imine (C=N–C) groups is 1. The molecule has 0 bridgehead atoms. The molecule has 3 aromatic carbocycles. The van der Waals surface area contributed by atoms with Gasteiger partial charge in [0, 0.05) is 23.2 Å². The normalized spacial score (nSPS) is 16.2. The van der Waals surface area contributed by atoms with Crippen LogP contribution in [0.2, 0.25) is 5.02 Å². The van der Waals surface area contributed by atoms with Crippen LogP contribution in [0.4, 0.5) is 11.4 Å². The van der Waals surface area contributed by atoms with Crippen LogP contribution >= 0.6 is 23.4 Å². The molecule has 5 rings (SSSR count). The van der Waals surface area contributed by atoms with Crippen molar-refractivity contribution in [3.8, 4) is 11.5 Å². The van der Waals surface area contributed by atoms with E-state index in [-0.39, 0.29) is 17.7 Å². The van der Waals surface area contributed by atoms with E-state index in [4.69, 9.17) is 21.3 Å². The van der Waals surface area contributed by atoms with Crippen molar-refractivity contribution in [1.29, 1.82) is 0 Å². The predicted molar refractivity (Wildman–Crippen MR) is 130 cm³/mol. The van der Waals surface area contributed by atoms with Gasteiger partial charge in [0.2, 0.25) is 5.91 Å². The van der Waals surface area contributed by atoms with Gasteiger partial charge in [0.15, 0.2) is 10.9 Å². The number of anilines is 1. The molecule has 0 spiro atoms. The van der Waals surface area contributed by atoms with Gasteiger partial charge < -0.3 is 10.1 Å². The molecule has 6 nitrogen and oxygen atoms in total. The SMILES string of the molecule is O=C(CSC1=Nc2ccccc2[C@H]2CC=NN12)Nc1cc(Cl)ccc1Oc1ccccc1. The Kier molecular flexibility index (Phi) is 5.83. The molecule has 0 aromatic heterocycles. The van der Waals surface area contributed by atoms with E-state index in [1.54, 1.807) is 18.2 Å². The number of nitrogens with one attached hydrogen (secondary N) is 1. The summed E-state index contributed by atoms with van der Waals surface area (Å²) in [5, 5.41) is 10.5. The quantitative estimate of drug-likeness (QED) is 0.487. The average molecular weight is 463 g/mol. The number of hydrogen-bond acceptors (Lipinski definition) is 6. The molecule has 0 saturated heterocycles. The molecule has 2 heterocycles. The Labute approximate surface area is 194 Å². The van der Waals surface area contributed by atoms with Crippen LogP contribution in [0.5, 0.6) is 11.5 Å². The van der Waals surface area contributed by atoms with Gasteiger partial charge in [0.05, 0.1) is 23.2 Å². The van der Waals surface area contributed by atoms with Crippen LogP contribution in [0, 0.1) is 0 Å². The summed E-state index contributed by atoms with van der Waals surface area (Å²) in [6, 6.07) is 22.7. The zero-order valence-corrected chi connectivity index (χ0v) is 18.5. The highest BCUT2D eigenvalue weighted by molar-refractivity contribution is 8.14. The van der Waals surface area contributed by atoms with Crippen molar-refractivity contribution >= 4 is 52.0 Å². The van der Waals surface area contributed by atoms with E-state index < -0.39 is 0 Å². The van der Waals surface area contributed by atoms with Gasteiger partial charge in [0.25, 0.3) is 0 Å². The minimum Gasteiger partial charge on any atom is -0.455 e. The summed E-state index contributed by atoms with van der Waals surface area (Å²) >= 11 is 7.51. The van der Waals surface area contributed by atoms with E-state index in [9.17, 15) is 4.79 Å². The molecule has 1 N–H and O–H groups in total. The maximum absolute atomic E-state index is 12.8. The second-order valence-electron chi connectivity index (χ2n) is 7.24. The summed E-state index contributed by atoms with van der Waals surface area (Å²) in [4.78, 5) is 17.5. The van der Waals surface area contributed by atoms with Crippen LogP contribution in [-0.2, 0) is 4.79 Å². The largest absolute Gasteiger partial charge is 0.455 e. The van der Waals surface area contributed by atoms with Crippen LogP contribution < -0.4 is 10.1 Å². The van der Waals surface area contributed by atoms with Gasteiger partial charge in [0.1, 0.15) is 5.75 Å². The summed E-state index contributed by atoms with van der Waals surface area (Å²) < 4.78 is 5.92. The van der Waals surface area contributed by atoms with Crippen molar-refractivity contribution in [3.05, 3.63) is 83.4 Å². The maximum atomic E-state index is 12.8. The van der Waals surface area contributed by atoms with E-state index in [1.807, 2.05) is 59.8 Å². The fraction of sp³-hybridized carbons (Fsp3) is 0.125. The minimum absolute atomic E-state index is 0.132. The number of hydrazone groups is 1. The molecule has 8 heteroatoms. The first-order chi connectivity index (χ1) is 15.7. The van der Waals surface area contributed by atoms with Crippen molar-refractivity contribution in [3.63, 3.8) is 0 Å². The third kappa shape index (κ3) is 4.35. The van der Waals surface area contributed by atoms with E-state index in [0.29, 0.717) is 27.4 Å². The highest BCUT2D eigenvalue weighted by Gasteiger charge is 2.32. The standard InChI is InChI=1S/C24H19ClN4O2S/c25-16-10-11-22(31-17-6-2-1-3-7-17)20(14-16)27-23(30)15-32-24-28-19-9-5-4-8-18(19)21-12-13-26-29(21)24/h1-11,13-14,21H,12,15H2,(H,27,30)/t21-/m1/s1. The Bertz CT molecular complexity index is 1220. The lowest BCUT2D eigenvalue weighted by Gasteiger charge is -2.29. The molecule has 3 aromatic rings. The lowest BCUT2D eigenvalue weighted by molar-refractivity contribution is -0.113. The van der Waals surface area contributed by atoms with Crippen LogP contribution in [0.1, 0.15) is 18.0 Å². The molecule has 2 aliphatic heterocycles. The molecule has 160 valence electrons. The number of benzene rings is 3. The van der Waals surface area contributed by atoms with Crippen LogP contribution in [-0.4, -0.2) is 28.1 Å². The molecular weight excluding hydrogens is 444 g/mol. The maximum Gasteiger partial charge on any atom is 0.234 e. The Balaban J connectivity index is 1.29. The van der Waals surface area contributed by atoms with Crippen LogP contribution in [0.3, 0.4) is 0 Å². The zero-order valence-electron chi connectivity index (χ0n) is 16.9. The summed E-state index contributed by atoms with van der Waals surface area (Å²) in [5.74, 6) is 1.19. The molecule has 0 radical (unpaired) electrons. The number of hydrogen-bond donors (Lipinski definition) is 1.